The van der Waals surface area contributed by atoms with E-state index in [4.69, 9.17) is 15.2 Å². The maximum atomic E-state index is 5.97. The van der Waals surface area contributed by atoms with Crippen molar-refractivity contribution in [3.05, 3.63) is 53.3 Å². The van der Waals surface area contributed by atoms with Gasteiger partial charge in [-0.25, -0.2) is 0 Å². The zero-order valence-electron chi connectivity index (χ0n) is 11.9. The van der Waals surface area contributed by atoms with Crippen molar-refractivity contribution < 1.29 is 9.47 Å². The van der Waals surface area contributed by atoms with E-state index >= 15 is 0 Å². The molecule has 4 heteroatoms. The van der Waals surface area contributed by atoms with Gasteiger partial charge in [0.2, 0.25) is 0 Å². The molecular formula is C16H20N2O2. The van der Waals surface area contributed by atoms with Gasteiger partial charge in [-0.15, -0.1) is 0 Å². The molecule has 2 N–H and O–H groups in total. The third-order valence-electron chi connectivity index (χ3n) is 3.15. The van der Waals surface area contributed by atoms with Crippen molar-refractivity contribution in [2.45, 2.75) is 20.5 Å². The number of hydrogen-bond acceptors (Lipinski definition) is 4. The number of benzene rings is 1. The van der Waals surface area contributed by atoms with Gasteiger partial charge in [0.1, 0.15) is 12.4 Å². The lowest BCUT2D eigenvalue weighted by molar-refractivity contribution is 0.0867. The molecule has 0 amide bonds. The van der Waals surface area contributed by atoms with Crippen molar-refractivity contribution in [2.24, 2.45) is 0 Å². The summed E-state index contributed by atoms with van der Waals surface area (Å²) in [6.45, 7) is 5.41. The summed E-state index contributed by atoms with van der Waals surface area (Å²) < 4.78 is 11.1. The summed E-state index contributed by atoms with van der Waals surface area (Å²) >= 11 is 0. The number of rotatable bonds is 6. The number of nitrogen functional groups attached to an aromatic ring is 1. The van der Waals surface area contributed by atoms with Crippen molar-refractivity contribution in [1.82, 2.24) is 4.98 Å². The molecule has 0 saturated carbocycles. The van der Waals surface area contributed by atoms with E-state index in [-0.39, 0.29) is 0 Å². The number of hydrogen-bond donors (Lipinski definition) is 1. The van der Waals surface area contributed by atoms with Crippen molar-refractivity contribution in [1.29, 1.82) is 0 Å². The van der Waals surface area contributed by atoms with Gasteiger partial charge in [0, 0.05) is 11.9 Å². The molecule has 0 fully saturated rings. The molecule has 2 rings (SSSR count). The molecule has 0 bridgehead atoms. The molecule has 106 valence electrons. The van der Waals surface area contributed by atoms with E-state index in [2.05, 4.69) is 4.98 Å². The standard InChI is InChI=1S/C16H20N2O2/c1-12-10-18-15(13(2)16(12)17)11-19-8-9-20-14-6-4-3-5-7-14/h3-7,10H,8-9,11H2,1-2H3,(H2,17,18). The quantitative estimate of drug-likeness (QED) is 0.821. The summed E-state index contributed by atoms with van der Waals surface area (Å²) in [6, 6.07) is 9.69. The Morgan fingerprint density at radius 2 is 1.85 bits per heavy atom. The lowest BCUT2D eigenvalue weighted by Gasteiger charge is -2.11. The third kappa shape index (κ3) is 3.71. The SMILES string of the molecule is Cc1cnc(COCCOc2ccccc2)c(C)c1N. The Labute approximate surface area is 119 Å². The lowest BCUT2D eigenvalue weighted by Crippen LogP contribution is -2.09. The highest BCUT2D eigenvalue weighted by Crippen LogP contribution is 2.18. The second kappa shape index (κ2) is 6.91. The van der Waals surface area contributed by atoms with Crippen molar-refractivity contribution in [3.8, 4) is 5.75 Å². The van der Waals surface area contributed by atoms with Gasteiger partial charge in [-0.2, -0.15) is 0 Å². The molecule has 2 aromatic rings. The first-order chi connectivity index (χ1) is 9.68. The van der Waals surface area contributed by atoms with Gasteiger partial charge in [0.15, 0.2) is 0 Å². The summed E-state index contributed by atoms with van der Waals surface area (Å²) in [4.78, 5) is 4.35. The second-order valence-corrected chi connectivity index (χ2v) is 4.64. The molecule has 1 heterocycles. The van der Waals surface area contributed by atoms with Crippen LogP contribution in [0, 0.1) is 13.8 Å². The molecule has 1 aromatic carbocycles. The summed E-state index contributed by atoms with van der Waals surface area (Å²) in [7, 11) is 0. The highest BCUT2D eigenvalue weighted by Gasteiger charge is 2.06. The van der Waals surface area contributed by atoms with Crippen LogP contribution < -0.4 is 10.5 Å². The van der Waals surface area contributed by atoms with Gasteiger partial charge in [-0.05, 0) is 37.1 Å². The Morgan fingerprint density at radius 1 is 1.10 bits per heavy atom. The van der Waals surface area contributed by atoms with E-state index in [0.29, 0.717) is 19.8 Å². The van der Waals surface area contributed by atoms with Crippen LogP contribution in [0.1, 0.15) is 16.8 Å². The van der Waals surface area contributed by atoms with E-state index in [1.54, 1.807) is 6.20 Å². The molecule has 0 radical (unpaired) electrons. The molecule has 4 nitrogen and oxygen atoms in total. The van der Waals surface area contributed by atoms with E-state index in [0.717, 1.165) is 28.3 Å². The Bertz CT molecular complexity index is 556. The zero-order valence-corrected chi connectivity index (χ0v) is 11.9. The second-order valence-electron chi connectivity index (χ2n) is 4.64. The average Bonchev–Trinajstić information content (AvgIpc) is 2.48. The van der Waals surface area contributed by atoms with Crippen LogP contribution in [0.25, 0.3) is 0 Å². The molecular weight excluding hydrogens is 252 g/mol. The molecule has 0 aliphatic heterocycles. The van der Waals surface area contributed by atoms with Crippen LogP contribution in [0.4, 0.5) is 5.69 Å². The van der Waals surface area contributed by atoms with Crippen molar-refractivity contribution in [2.75, 3.05) is 18.9 Å². The minimum absolute atomic E-state index is 0.453. The Hall–Kier alpha value is -2.07. The summed E-state index contributed by atoms with van der Waals surface area (Å²) in [5.41, 5.74) is 9.64. The first kappa shape index (κ1) is 14.3. The van der Waals surface area contributed by atoms with Crippen LogP contribution in [-0.2, 0) is 11.3 Å². The van der Waals surface area contributed by atoms with Crippen molar-refractivity contribution in [3.63, 3.8) is 0 Å². The van der Waals surface area contributed by atoms with Gasteiger partial charge in [0.25, 0.3) is 0 Å². The largest absolute Gasteiger partial charge is 0.491 e. The topological polar surface area (TPSA) is 57.4 Å². The number of aryl methyl sites for hydroxylation is 1. The van der Waals surface area contributed by atoms with Crippen LogP contribution in [0.5, 0.6) is 5.75 Å². The molecule has 1 aromatic heterocycles. The predicted molar refractivity (Wildman–Crippen MR) is 79.7 cm³/mol. The minimum atomic E-state index is 0.453. The normalized spacial score (nSPS) is 10.5. The maximum absolute atomic E-state index is 5.97. The van der Waals surface area contributed by atoms with Gasteiger partial charge < -0.3 is 15.2 Å². The van der Waals surface area contributed by atoms with Crippen molar-refractivity contribution >= 4 is 5.69 Å². The first-order valence-electron chi connectivity index (χ1n) is 6.64. The highest BCUT2D eigenvalue weighted by atomic mass is 16.5. The smallest absolute Gasteiger partial charge is 0.119 e. The number of nitrogens with two attached hydrogens (primary N) is 1. The Morgan fingerprint density at radius 3 is 2.60 bits per heavy atom. The van der Waals surface area contributed by atoms with Gasteiger partial charge in [-0.3, -0.25) is 4.98 Å². The molecule has 0 unspecified atom stereocenters. The van der Waals surface area contributed by atoms with Crippen LogP contribution >= 0.6 is 0 Å². The van der Waals surface area contributed by atoms with Crippen LogP contribution in [0.15, 0.2) is 36.5 Å². The fraction of sp³-hybridized carbons (Fsp3) is 0.312. The van der Waals surface area contributed by atoms with Gasteiger partial charge >= 0.3 is 0 Å². The van der Waals surface area contributed by atoms with Crippen LogP contribution in [0.3, 0.4) is 0 Å². The van der Waals surface area contributed by atoms with E-state index < -0.39 is 0 Å². The van der Waals surface area contributed by atoms with E-state index in [1.807, 2.05) is 44.2 Å². The molecule has 0 aliphatic rings. The Kier molecular flexibility index (Phi) is 4.96. The highest BCUT2D eigenvalue weighted by molar-refractivity contribution is 5.53. The molecule has 0 atom stereocenters. The van der Waals surface area contributed by atoms with Crippen LogP contribution in [-0.4, -0.2) is 18.2 Å². The number of nitrogens with zero attached hydrogens (tertiary/aromatic N) is 1. The maximum Gasteiger partial charge on any atom is 0.119 e. The summed E-state index contributed by atoms with van der Waals surface area (Å²) in [6.07, 6.45) is 1.78. The fourth-order valence-electron chi connectivity index (χ4n) is 1.84. The summed E-state index contributed by atoms with van der Waals surface area (Å²) in [5, 5.41) is 0. The van der Waals surface area contributed by atoms with Crippen LogP contribution in [0.2, 0.25) is 0 Å². The number of pyridine rings is 1. The van der Waals surface area contributed by atoms with Gasteiger partial charge in [0.05, 0.1) is 18.9 Å². The van der Waals surface area contributed by atoms with E-state index in [1.165, 1.54) is 0 Å². The first-order valence-corrected chi connectivity index (χ1v) is 6.64. The fourth-order valence-corrected chi connectivity index (χ4v) is 1.84. The monoisotopic (exact) mass is 272 g/mol. The summed E-state index contributed by atoms with van der Waals surface area (Å²) in [5.74, 6) is 0.852. The molecule has 0 saturated heterocycles. The molecule has 20 heavy (non-hydrogen) atoms. The third-order valence-corrected chi connectivity index (χ3v) is 3.15. The predicted octanol–water partition coefficient (Wildman–Crippen LogP) is 2.88. The zero-order chi connectivity index (χ0) is 14.4. The molecule has 0 spiro atoms. The number of ether oxygens (including phenoxy) is 2. The van der Waals surface area contributed by atoms with E-state index in [9.17, 15) is 0 Å². The molecule has 0 aliphatic carbocycles. The lowest BCUT2D eigenvalue weighted by atomic mass is 10.1. The number of anilines is 1. The minimum Gasteiger partial charge on any atom is -0.491 e. The Balaban J connectivity index is 1.75. The number of aromatic nitrogens is 1. The average molecular weight is 272 g/mol. The number of para-hydroxylation sites is 1. The van der Waals surface area contributed by atoms with Gasteiger partial charge in [-0.1, -0.05) is 18.2 Å².